The van der Waals surface area contributed by atoms with Gasteiger partial charge in [0.15, 0.2) is 0 Å². The molecule has 80 valence electrons. The van der Waals surface area contributed by atoms with E-state index in [1.54, 1.807) is 0 Å². The van der Waals surface area contributed by atoms with Crippen molar-refractivity contribution in [1.82, 2.24) is 0 Å². The Kier molecular flexibility index (Phi) is 4.89. The highest BCUT2D eigenvalue weighted by molar-refractivity contribution is 4.76. The molecule has 0 saturated carbocycles. The van der Waals surface area contributed by atoms with E-state index in [9.17, 15) is 0 Å². The lowest BCUT2D eigenvalue weighted by atomic mass is 10.0. The van der Waals surface area contributed by atoms with Gasteiger partial charge in [-0.1, -0.05) is 6.92 Å². The van der Waals surface area contributed by atoms with Crippen LogP contribution < -0.4 is 11.5 Å². The molecule has 4 N–H and O–H groups in total. The van der Waals surface area contributed by atoms with Crippen LogP contribution in [0.4, 0.5) is 0 Å². The van der Waals surface area contributed by atoms with E-state index in [2.05, 4.69) is 6.92 Å². The van der Waals surface area contributed by atoms with Crippen molar-refractivity contribution in [3.05, 3.63) is 0 Å². The first kappa shape index (κ1) is 12.9. The van der Waals surface area contributed by atoms with E-state index in [0.717, 1.165) is 12.8 Å². The van der Waals surface area contributed by atoms with Crippen molar-refractivity contribution in [2.45, 2.75) is 51.7 Å². The zero-order valence-corrected chi connectivity index (χ0v) is 9.39. The summed E-state index contributed by atoms with van der Waals surface area (Å²) in [4.78, 5) is 0. The lowest BCUT2D eigenvalue weighted by Gasteiger charge is -2.28. The molecule has 1 atom stereocenters. The first-order valence-corrected chi connectivity index (χ1v) is 4.96. The minimum Gasteiger partial charge on any atom is -0.374 e. The van der Waals surface area contributed by atoms with Crippen LogP contribution in [-0.4, -0.2) is 24.3 Å². The van der Waals surface area contributed by atoms with Crippen LogP contribution in [-0.2, 0) is 4.74 Å². The average Bonchev–Trinajstić information content (AvgIpc) is 2.02. The Balaban J connectivity index is 3.74. The van der Waals surface area contributed by atoms with Gasteiger partial charge in [0.05, 0.1) is 5.60 Å². The molecule has 1 unspecified atom stereocenters. The van der Waals surface area contributed by atoms with Gasteiger partial charge in [0.1, 0.15) is 0 Å². The normalized spacial score (nSPS) is 17.1. The molecule has 3 heteroatoms. The smallest absolute Gasteiger partial charge is 0.0773 e. The number of nitrogens with two attached hydrogens (primary N) is 2. The molecule has 0 bridgehead atoms. The quantitative estimate of drug-likeness (QED) is 0.659. The molecule has 0 aliphatic rings. The van der Waals surface area contributed by atoms with Crippen molar-refractivity contribution < 1.29 is 4.74 Å². The van der Waals surface area contributed by atoms with Crippen molar-refractivity contribution in [3.63, 3.8) is 0 Å². The molecule has 0 rings (SSSR count). The summed E-state index contributed by atoms with van der Waals surface area (Å²) in [6, 6.07) is 0. The van der Waals surface area contributed by atoms with Gasteiger partial charge in [-0.05, 0) is 33.6 Å². The molecule has 0 aromatic heterocycles. The maximum absolute atomic E-state index is 5.84. The number of hydrogen-bond donors (Lipinski definition) is 2. The van der Waals surface area contributed by atoms with E-state index < -0.39 is 0 Å². The Morgan fingerprint density at radius 2 is 1.77 bits per heavy atom. The molecule has 0 fully saturated rings. The lowest BCUT2D eigenvalue weighted by Crippen LogP contribution is -2.40. The third kappa shape index (κ3) is 6.02. The van der Waals surface area contributed by atoms with Crippen LogP contribution in [0, 0.1) is 0 Å². The average molecular weight is 188 g/mol. The van der Waals surface area contributed by atoms with E-state index in [0.29, 0.717) is 13.2 Å². The SMILES string of the molecule is CCC(C)(CN)OCCC(C)(C)N. The maximum Gasteiger partial charge on any atom is 0.0773 e. The molecular formula is C10H24N2O. The molecule has 3 nitrogen and oxygen atoms in total. The Morgan fingerprint density at radius 1 is 1.23 bits per heavy atom. The summed E-state index contributed by atoms with van der Waals surface area (Å²) in [7, 11) is 0. The Hall–Kier alpha value is -0.120. The topological polar surface area (TPSA) is 61.3 Å². The van der Waals surface area contributed by atoms with Crippen LogP contribution in [0.5, 0.6) is 0 Å². The molecule has 0 amide bonds. The van der Waals surface area contributed by atoms with Crippen molar-refractivity contribution in [2.24, 2.45) is 11.5 Å². The summed E-state index contributed by atoms with van der Waals surface area (Å²) in [6.45, 7) is 9.38. The largest absolute Gasteiger partial charge is 0.374 e. The van der Waals surface area contributed by atoms with Crippen LogP contribution in [0.25, 0.3) is 0 Å². The fourth-order valence-corrected chi connectivity index (χ4v) is 0.866. The number of hydrogen-bond acceptors (Lipinski definition) is 3. The maximum atomic E-state index is 5.84. The zero-order chi connectivity index (χ0) is 10.5. The minimum atomic E-state index is -0.175. The van der Waals surface area contributed by atoms with Gasteiger partial charge in [0.25, 0.3) is 0 Å². The Labute approximate surface area is 81.8 Å². The van der Waals surface area contributed by atoms with Crippen LogP contribution in [0.3, 0.4) is 0 Å². The summed E-state index contributed by atoms with van der Waals surface area (Å²) in [6.07, 6.45) is 1.80. The van der Waals surface area contributed by atoms with E-state index in [1.807, 2.05) is 20.8 Å². The van der Waals surface area contributed by atoms with Crippen LogP contribution in [0.2, 0.25) is 0 Å². The highest BCUT2D eigenvalue weighted by Crippen LogP contribution is 2.15. The van der Waals surface area contributed by atoms with Gasteiger partial charge in [-0.2, -0.15) is 0 Å². The van der Waals surface area contributed by atoms with Gasteiger partial charge < -0.3 is 16.2 Å². The number of rotatable bonds is 6. The third-order valence-corrected chi connectivity index (χ3v) is 2.38. The first-order chi connectivity index (χ1) is 5.83. The fraction of sp³-hybridized carbons (Fsp3) is 1.00. The molecular weight excluding hydrogens is 164 g/mol. The second-order valence-electron chi connectivity index (χ2n) is 4.59. The van der Waals surface area contributed by atoms with Crippen LogP contribution >= 0.6 is 0 Å². The summed E-state index contributed by atoms with van der Waals surface area (Å²) in [5.74, 6) is 0. The van der Waals surface area contributed by atoms with Gasteiger partial charge >= 0.3 is 0 Å². The Morgan fingerprint density at radius 3 is 2.08 bits per heavy atom. The van der Waals surface area contributed by atoms with E-state index in [4.69, 9.17) is 16.2 Å². The van der Waals surface area contributed by atoms with Crippen LogP contribution in [0.1, 0.15) is 40.5 Å². The van der Waals surface area contributed by atoms with Gasteiger partial charge in [0.2, 0.25) is 0 Å². The van der Waals surface area contributed by atoms with Gasteiger partial charge in [0, 0.05) is 18.7 Å². The fourth-order valence-electron chi connectivity index (χ4n) is 0.866. The predicted octanol–water partition coefficient (Wildman–Crippen LogP) is 1.26. The molecule has 0 saturated heterocycles. The van der Waals surface area contributed by atoms with E-state index in [-0.39, 0.29) is 11.1 Å². The molecule has 0 aromatic rings. The first-order valence-electron chi connectivity index (χ1n) is 4.96. The second-order valence-corrected chi connectivity index (χ2v) is 4.59. The molecule has 0 heterocycles. The summed E-state index contributed by atoms with van der Waals surface area (Å²) < 4.78 is 5.70. The summed E-state index contributed by atoms with van der Waals surface area (Å²) in [5, 5.41) is 0. The standard InChI is InChI=1S/C10H24N2O/c1-5-10(4,8-11)13-7-6-9(2,3)12/h5-8,11-12H2,1-4H3. The van der Waals surface area contributed by atoms with E-state index >= 15 is 0 Å². The van der Waals surface area contributed by atoms with Crippen molar-refractivity contribution in [2.75, 3.05) is 13.2 Å². The Bertz CT molecular complexity index is 136. The molecule has 0 aliphatic heterocycles. The molecule has 0 radical (unpaired) electrons. The molecule has 0 aliphatic carbocycles. The monoisotopic (exact) mass is 188 g/mol. The van der Waals surface area contributed by atoms with Crippen molar-refractivity contribution in [3.8, 4) is 0 Å². The second kappa shape index (κ2) is 4.94. The molecule has 13 heavy (non-hydrogen) atoms. The third-order valence-electron chi connectivity index (χ3n) is 2.38. The van der Waals surface area contributed by atoms with Gasteiger partial charge in [-0.15, -0.1) is 0 Å². The van der Waals surface area contributed by atoms with Gasteiger partial charge in [-0.3, -0.25) is 0 Å². The highest BCUT2D eigenvalue weighted by atomic mass is 16.5. The lowest BCUT2D eigenvalue weighted by molar-refractivity contribution is -0.0329. The van der Waals surface area contributed by atoms with Gasteiger partial charge in [-0.25, -0.2) is 0 Å². The summed E-state index contributed by atoms with van der Waals surface area (Å²) in [5.41, 5.74) is 11.1. The van der Waals surface area contributed by atoms with Crippen molar-refractivity contribution in [1.29, 1.82) is 0 Å². The minimum absolute atomic E-state index is 0.150. The summed E-state index contributed by atoms with van der Waals surface area (Å²) >= 11 is 0. The highest BCUT2D eigenvalue weighted by Gasteiger charge is 2.21. The predicted molar refractivity (Wildman–Crippen MR) is 56.6 cm³/mol. The van der Waals surface area contributed by atoms with Crippen molar-refractivity contribution >= 4 is 0 Å². The number of ether oxygens (including phenoxy) is 1. The molecule has 0 spiro atoms. The van der Waals surface area contributed by atoms with E-state index in [1.165, 1.54) is 0 Å². The zero-order valence-electron chi connectivity index (χ0n) is 9.39. The molecule has 0 aromatic carbocycles. The van der Waals surface area contributed by atoms with Crippen LogP contribution in [0.15, 0.2) is 0 Å².